The highest BCUT2D eigenvalue weighted by molar-refractivity contribution is 14.0. The van der Waals surface area contributed by atoms with Gasteiger partial charge in [-0.2, -0.15) is 5.10 Å². The first-order valence-electron chi connectivity index (χ1n) is 11.6. The van der Waals surface area contributed by atoms with E-state index in [9.17, 15) is 0 Å². The maximum atomic E-state index is 5.46. The van der Waals surface area contributed by atoms with E-state index in [2.05, 4.69) is 81.1 Å². The second-order valence-electron chi connectivity index (χ2n) is 8.46. The van der Waals surface area contributed by atoms with Crippen LogP contribution in [0.25, 0.3) is 5.69 Å². The van der Waals surface area contributed by atoms with E-state index in [1.807, 2.05) is 17.7 Å². The molecule has 7 nitrogen and oxygen atoms in total. The fourth-order valence-corrected chi connectivity index (χ4v) is 4.18. The Kier molecular flexibility index (Phi) is 9.91. The predicted octanol–water partition coefficient (Wildman–Crippen LogP) is 3.80. The quantitative estimate of drug-likeness (QED) is 0.256. The molecule has 0 amide bonds. The van der Waals surface area contributed by atoms with Crippen LogP contribution in [0.15, 0.2) is 59.6 Å². The summed E-state index contributed by atoms with van der Waals surface area (Å²) in [6, 6.07) is 19.2. The van der Waals surface area contributed by atoms with E-state index in [0.29, 0.717) is 6.54 Å². The van der Waals surface area contributed by atoms with Gasteiger partial charge in [-0.05, 0) is 42.7 Å². The number of ether oxygens (including phenoxy) is 1. The molecule has 0 spiro atoms. The summed E-state index contributed by atoms with van der Waals surface area (Å²) in [5.74, 6) is 0.775. The molecular formula is C26H35IN6O. The van der Waals surface area contributed by atoms with Gasteiger partial charge in [0.05, 0.1) is 24.6 Å². The van der Waals surface area contributed by atoms with Gasteiger partial charge in [0.2, 0.25) is 0 Å². The Morgan fingerprint density at radius 1 is 0.971 bits per heavy atom. The molecule has 2 N–H and O–H groups in total. The second kappa shape index (κ2) is 12.9. The van der Waals surface area contributed by atoms with Gasteiger partial charge in [0, 0.05) is 45.5 Å². The van der Waals surface area contributed by atoms with Crippen LogP contribution in [0.2, 0.25) is 0 Å². The molecule has 0 bridgehead atoms. The highest BCUT2D eigenvalue weighted by Gasteiger charge is 2.11. The number of aliphatic imine (C=N–C) groups is 1. The Hall–Kier alpha value is -2.43. The Morgan fingerprint density at radius 2 is 1.71 bits per heavy atom. The predicted molar refractivity (Wildman–Crippen MR) is 148 cm³/mol. The molecule has 3 aromatic rings. The number of aryl methyl sites for hydroxylation is 2. The molecule has 34 heavy (non-hydrogen) atoms. The SMILES string of the molecule is CN=C(NCc1cccc(CN2CCOCC2)c1)NCc1ccccc1-n1nc(C)cc1C.I. The molecule has 182 valence electrons. The van der Waals surface area contributed by atoms with Crippen LogP contribution in [0, 0.1) is 13.8 Å². The van der Waals surface area contributed by atoms with Gasteiger partial charge in [0.25, 0.3) is 0 Å². The van der Waals surface area contributed by atoms with Crippen molar-refractivity contribution in [1.82, 2.24) is 25.3 Å². The third-order valence-corrected chi connectivity index (χ3v) is 5.86. The van der Waals surface area contributed by atoms with E-state index in [1.54, 1.807) is 7.05 Å². The zero-order chi connectivity index (χ0) is 23.0. The van der Waals surface area contributed by atoms with Crippen LogP contribution in [0.4, 0.5) is 0 Å². The van der Waals surface area contributed by atoms with Gasteiger partial charge in [-0.15, -0.1) is 24.0 Å². The first-order valence-corrected chi connectivity index (χ1v) is 11.6. The monoisotopic (exact) mass is 574 g/mol. The van der Waals surface area contributed by atoms with Crippen LogP contribution in [0.1, 0.15) is 28.1 Å². The van der Waals surface area contributed by atoms with Gasteiger partial charge >= 0.3 is 0 Å². The molecule has 1 aromatic heterocycles. The fraction of sp³-hybridized carbons (Fsp3) is 0.385. The van der Waals surface area contributed by atoms with Crippen LogP contribution in [-0.4, -0.2) is 54.0 Å². The normalized spacial score (nSPS) is 14.5. The molecule has 4 rings (SSSR count). The smallest absolute Gasteiger partial charge is 0.191 e. The summed E-state index contributed by atoms with van der Waals surface area (Å²) in [7, 11) is 1.80. The van der Waals surface area contributed by atoms with Gasteiger partial charge in [-0.3, -0.25) is 9.89 Å². The molecule has 1 fully saturated rings. The summed E-state index contributed by atoms with van der Waals surface area (Å²) in [6.45, 7) is 10.1. The van der Waals surface area contributed by atoms with Crippen molar-refractivity contribution in [3.63, 3.8) is 0 Å². The molecule has 0 unspecified atom stereocenters. The number of nitrogens with zero attached hydrogens (tertiary/aromatic N) is 4. The van der Waals surface area contributed by atoms with Gasteiger partial charge < -0.3 is 15.4 Å². The first kappa shape index (κ1) is 26.2. The minimum Gasteiger partial charge on any atom is -0.379 e. The van der Waals surface area contributed by atoms with Crippen molar-refractivity contribution >= 4 is 29.9 Å². The lowest BCUT2D eigenvalue weighted by Crippen LogP contribution is -2.36. The van der Waals surface area contributed by atoms with Crippen molar-refractivity contribution in [3.8, 4) is 5.69 Å². The second-order valence-corrected chi connectivity index (χ2v) is 8.46. The number of nitrogens with one attached hydrogen (secondary N) is 2. The van der Waals surface area contributed by atoms with Crippen LogP contribution in [0.5, 0.6) is 0 Å². The zero-order valence-electron chi connectivity index (χ0n) is 20.3. The molecule has 1 saturated heterocycles. The summed E-state index contributed by atoms with van der Waals surface area (Å²) in [6.07, 6.45) is 0. The number of hydrogen-bond donors (Lipinski definition) is 2. The summed E-state index contributed by atoms with van der Waals surface area (Å²) < 4.78 is 7.46. The number of morpholine rings is 1. The highest BCUT2D eigenvalue weighted by Crippen LogP contribution is 2.17. The minimum absolute atomic E-state index is 0. The van der Waals surface area contributed by atoms with Crippen molar-refractivity contribution in [2.45, 2.75) is 33.5 Å². The number of guanidine groups is 1. The Morgan fingerprint density at radius 3 is 2.44 bits per heavy atom. The van der Waals surface area contributed by atoms with Crippen LogP contribution >= 0.6 is 24.0 Å². The Labute approximate surface area is 219 Å². The van der Waals surface area contributed by atoms with E-state index in [4.69, 9.17) is 4.74 Å². The zero-order valence-corrected chi connectivity index (χ0v) is 22.6. The molecule has 8 heteroatoms. The molecule has 2 aromatic carbocycles. The highest BCUT2D eigenvalue weighted by atomic mass is 127. The van der Waals surface area contributed by atoms with E-state index in [-0.39, 0.29) is 24.0 Å². The lowest BCUT2D eigenvalue weighted by atomic mass is 10.1. The molecule has 1 aliphatic heterocycles. The average molecular weight is 575 g/mol. The molecule has 0 atom stereocenters. The van der Waals surface area contributed by atoms with Gasteiger partial charge in [0.15, 0.2) is 5.96 Å². The van der Waals surface area contributed by atoms with Crippen molar-refractivity contribution < 1.29 is 4.74 Å². The lowest BCUT2D eigenvalue weighted by molar-refractivity contribution is 0.0342. The van der Waals surface area contributed by atoms with Crippen LogP contribution < -0.4 is 10.6 Å². The number of rotatable bonds is 7. The van der Waals surface area contributed by atoms with E-state index in [0.717, 1.165) is 62.4 Å². The van der Waals surface area contributed by atoms with E-state index >= 15 is 0 Å². The standard InChI is InChI=1S/C26H34N6O.HI/c1-20-15-21(2)32(30-20)25-10-5-4-9-24(25)18-29-26(27-3)28-17-22-7-6-8-23(16-22)19-31-11-13-33-14-12-31;/h4-10,15-16H,11-14,17-19H2,1-3H3,(H2,27,28,29);1H. The third-order valence-electron chi connectivity index (χ3n) is 5.86. The molecule has 0 radical (unpaired) electrons. The largest absolute Gasteiger partial charge is 0.379 e. The first-order chi connectivity index (χ1) is 16.1. The van der Waals surface area contributed by atoms with Crippen molar-refractivity contribution in [3.05, 3.63) is 82.7 Å². The van der Waals surface area contributed by atoms with Crippen molar-refractivity contribution in [1.29, 1.82) is 0 Å². The average Bonchev–Trinajstić information content (AvgIpc) is 3.18. The fourth-order valence-electron chi connectivity index (χ4n) is 4.18. The van der Waals surface area contributed by atoms with E-state index in [1.165, 1.54) is 16.7 Å². The summed E-state index contributed by atoms with van der Waals surface area (Å²) in [5.41, 5.74) is 6.97. The topological polar surface area (TPSA) is 66.7 Å². The van der Waals surface area contributed by atoms with Crippen molar-refractivity contribution in [2.24, 2.45) is 4.99 Å². The number of benzene rings is 2. The number of hydrogen-bond acceptors (Lipinski definition) is 4. The lowest BCUT2D eigenvalue weighted by Gasteiger charge is -2.26. The maximum Gasteiger partial charge on any atom is 0.191 e. The van der Waals surface area contributed by atoms with E-state index < -0.39 is 0 Å². The van der Waals surface area contributed by atoms with Crippen molar-refractivity contribution in [2.75, 3.05) is 33.4 Å². The van der Waals surface area contributed by atoms with Crippen LogP contribution in [0.3, 0.4) is 0 Å². The number of aromatic nitrogens is 2. The van der Waals surface area contributed by atoms with Gasteiger partial charge in [-0.1, -0.05) is 42.5 Å². The minimum atomic E-state index is 0. The molecule has 0 saturated carbocycles. The molecule has 2 heterocycles. The Bertz CT molecular complexity index is 1090. The summed E-state index contributed by atoms with van der Waals surface area (Å²) in [5, 5.41) is 11.5. The molecular weight excluding hydrogens is 539 g/mol. The summed E-state index contributed by atoms with van der Waals surface area (Å²) in [4.78, 5) is 6.85. The molecule has 0 aliphatic carbocycles. The summed E-state index contributed by atoms with van der Waals surface area (Å²) >= 11 is 0. The van der Waals surface area contributed by atoms with Crippen LogP contribution in [-0.2, 0) is 24.4 Å². The Balaban J connectivity index is 0.00000324. The van der Waals surface area contributed by atoms with Gasteiger partial charge in [0.1, 0.15) is 0 Å². The molecule has 1 aliphatic rings. The maximum absolute atomic E-state index is 5.46. The third kappa shape index (κ3) is 7.04. The van der Waals surface area contributed by atoms with Gasteiger partial charge in [-0.25, -0.2) is 4.68 Å². The number of para-hydroxylation sites is 1. The number of halogens is 1.